The van der Waals surface area contributed by atoms with E-state index in [0.717, 1.165) is 5.69 Å². The summed E-state index contributed by atoms with van der Waals surface area (Å²) in [6.45, 7) is 1.19. The molecule has 0 saturated carbocycles. The molecule has 1 aliphatic heterocycles. The van der Waals surface area contributed by atoms with E-state index in [4.69, 9.17) is 5.11 Å². The van der Waals surface area contributed by atoms with Crippen LogP contribution in [0, 0.1) is 0 Å². The lowest BCUT2D eigenvalue weighted by molar-refractivity contribution is 0.0689. The van der Waals surface area contributed by atoms with Gasteiger partial charge < -0.3 is 10.4 Å². The Bertz CT molecular complexity index is 337. The Morgan fingerprint density at radius 1 is 1.50 bits per heavy atom. The molecule has 2 heterocycles. The molecule has 2 rings (SSSR count). The average Bonchev–Trinajstić information content (AvgIpc) is 2.49. The molecule has 0 radical (unpaired) electrons. The molecule has 62 valence electrons. The topological polar surface area (TPSA) is 75.1 Å². The van der Waals surface area contributed by atoms with E-state index in [1.807, 2.05) is 0 Å². The van der Waals surface area contributed by atoms with E-state index in [1.165, 1.54) is 6.33 Å². The Hall–Kier alpha value is -1.49. The van der Waals surface area contributed by atoms with Crippen LogP contribution in [0.15, 0.2) is 6.33 Å². The predicted molar refractivity (Wildman–Crippen MR) is 39.5 cm³/mol. The van der Waals surface area contributed by atoms with Crippen LogP contribution in [0.5, 0.6) is 0 Å². The molecule has 0 spiro atoms. The summed E-state index contributed by atoms with van der Waals surface area (Å²) >= 11 is 0. The monoisotopic (exact) mass is 165 g/mol. The Balaban J connectivity index is 2.56. The largest absolute Gasteiger partial charge is 0.476 e. The van der Waals surface area contributed by atoms with E-state index >= 15 is 0 Å². The van der Waals surface area contributed by atoms with Gasteiger partial charge >= 0.3 is 5.97 Å². The van der Waals surface area contributed by atoms with Gasteiger partial charge in [-0.1, -0.05) is 0 Å². The minimum atomic E-state index is -0.989. The zero-order valence-corrected chi connectivity index (χ0v) is 6.24. The van der Waals surface area contributed by atoms with Gasteiger partial charge in [-0.15, -0.1) is 0 Å². The first-order chi connectivity index (χ1) is 5.79. The van der Waals surface area contributed by atoms with Gasteiger partial charge in [0.2, 0.25) is 0 Å². The molecule has 12 heavy (non-hydrogen) atoms. The summed E-state index contributed by atoms with van der Waals surface area (Å²) in [5.74, 6) is -0.989. The van der Waals surface area contributed by atoms with Crippen molar-refractivity contribution in [2.45, 2.75) is 13.1 Å². The van der Waals surface area contributed by atoms with Crippen molar-refractivity contribution in [3.05, 3.63) is 23.3 Å². The standard InChI is InChI=1S/C7H7N3O2/c11-7(12)6-4-1-8-2-5(4)9-3-10-6/h3,8H,1-2H2,(H,11,12). The lowest BCUT2D eigenvalue weighted by atomic mass is 10.2. The second-order valence-electron chi connectivity index (χ2n) is 2.56. The summed E-state index contributed by atoms with van der Waals surface area (Å²) < 4.78 is 0. The molecule has 0 fully saturated rings. The van der Waals surface area contributed by atoms with Crippen LogP contribution >= 0.6 is 0 Å². The van der Waals surface area contributed by atoms with Crippen molar-refractivity contribution >= 4 is 5.97 Å². The Morgan fingerprint density at radius 3 is 3.08 bits per heavy atom. The highest BCUT2D eigenvalue weighted by Gasteiger charge is 2.20. The van der Waals surface area contributed by atoms with Crippen LogP contribution in [0.2, 0.25) is 0 Å². The van der Waals surface area contributed by atoms with E-state index in [0.29, 0.717) is 18.7 Å². The third-order valence-electron chi connectivity index (χ3n) is 1.83. The summed E-state index contributed by atoms with van der Waals surface area (Å²) in [6, 6.07) is 0. The van der Waals surface area contributed by atoms with E-state index < -0.39 is 5.97 Å². The highest BCUT2D eigenvalue weighted by Crippen LogP contribution is 2.14. The quantitative estimate of drug-likeness (QED) is 0.601. The fraction of sp³-hybridized carbons (Fsp3) is 0.286. The zero-order chi connectivity index (χ0) is 8.55. The first-order valence-corrected chi connectivity index (χ1v) is 3.56. The summed E-state index contributed by atoms with van der Waals surface area (Å²) in [7, 11) is 0. The maximum absolute atomic E-state index is 10.6. The molecule has 0 saturated heterocycles. The molecule has 1 aromatic heterocycles. The molecule has 0 bridgehead atoms. The van der Waals surface area contributed by atoms with E-state index in [9.17, 15) is 4.79 Å². The van der Waals surface area contributed by atoms with Gasteiger partial charge in [-0.2, -0.15) is 0 Å². The molecule has 5 heteroatoms. The van der Waals surface area contributed by atoms with Crippen LogP contribution in [-0.4, -0.2) is 21.0 Å². The smallest absolute Gasteiger partial charge is 0.354 e. The van der Waals surface area contributed by atoms with Crippen LogP contribution in [0.1, 0.15) is 21.7 Å². The lowest BCUT2D eigenvalue weighted by Gasteiger charge is -1.98. The van der Waals surface area contributed by atoms with Crippen LogP contribution in [0.3, 0.4) is 0 Å². The van der Waals surface area contributed by atoms with Gasteiger partial charge in [-0.05, 0) is 0 Å². The third-order valence-corrected chi connectivity index (χ3v) is 1.83. The molecule has 2 N–H and O–H groups in total. The molecular weight excluding hydrogens is 158 g/mol. The van der Waals surface area contributed by atoms with Gasteiger partial charge in [0.15, 0.2) is 5.69 Å². The molecule has 0 amide bonds. The van der Waals surface area contributed by atoms with Crippen molar-refractivity contribution in [2.75, 3.05) is 0 Å². The van der Waals surface area contributed by atoms with E-state index in [1.54, 1.807) is 0 Å². The number of hydrogen-bond donors (Lipinski definition) is 2. The van der Waals surface area contributed by atoms with Crippen molar-refractivity contribution in [1.82, 2.24) is 15.3 Å². The number of aromatic carboxylic acids is 1. The third kappa shape index (κ3) is 0.947. The van der Waals surface area contributed by atoms with Crippen molar-refractivity contribution in [3.8, 4) is 0 Å². The number of carboxylic acid groups (broad SMARTS) is 1. The normalized spacial score (nSPS) is 14.3. The second-order valence-corrected chi connectivity index (χ2v) is 2.56. The van der Waals surface area contributed by atoms with Crippen LogP contribution in [0.25, 0.3) is 0 Å². The number of hydrogen-bond acceptors (Lipinski definition) is 4. The van der Waals surface area contributed by atoms with E-state index in [2.05, 4.69) is 15.3 Å². The Kier molecular flexibility index (Phi) is 1.51. The van der Waals surface area contributed by atoms with Crippen LogP contribution in [0.4, 0.5) is 0 Å². The molecule has 0 aromatic carbocycles. The van der Waals surface area contributed by atoms with Crippen LogP contribution in [-0.2, 0) is 13.1 Å². The van der Waals surface area contributed by atoms with Crippen molar-refractivity contribution in [2.24, 2.45) is 0 Å². The minimum absolute atomic E-state index is 0.116. The fourth-order valence-corrected chi connectivity index (χ4v) is 1.28. The molecule has 1 aliphatic rings. The molecule has 1 aromatic rings. The number of carboxylic acids is 1. The maximum atomic E-state index is 10.6. The highest BCUT2D eigenvalue weighted by atomic mass is 16.4. The number of nitrogens with one attached hydrogen (secondary N) is 1. The lowest BCUT2D eigenvalue weighted by Crippen LogP contribution is -2.07. The molecule has 0 aliphatic carbocycles. The number of aromatic nitrogens is 2. The Labute approximate surface area is 68.5 Å². The van der Waals surface area contributed by atoms with Gasteiger partial charge in [0.25, 0.3) is 0 Å². The number of fused-ring (bicyclic) bond motifs is 1. The molecule has 5 nitrogen and oxygen atoms in total. The maximum Gasteiger partial charge on any atom is 0.354 e. The fourth-order valence-electron chi connectivity index (χ4n) is 1.28. The first-order valence-electron chi connectivity index (χ1n) is 3.56. The summed E-state index contributed by atoms with van der Waals surface area (Å²) in [6.07, 6.45) is 1.29. The van der Waals surface area contributed by atoms with Crippen molar-refractivity contribution in [1.29, 1.82) is 0 Å². The SMILES string of the molecule is O=C(O)c1ncnc2c1CNC2. The zero-order valence-electron chi connectivity index (χ0n) is 6.24. The van der Waals surface area contributed by atoms with Crippen molar-refractivity contribution in [3.63, 3.8) is 0 Å². The van der Waals surface area contributed by atoms with Gasteiger partial charge in [-0.25, -0.2) is 14.8 Å². The van der Waals surface area contributed by atoms with Crippen LogP contribution < -0.4 is 5.32 Å². The first kappa shape index (κ1) is 7.17. The average molecular weight is 165 g/mol. The highest BCUT2D eigenvalue weighted by molar-refractivity contribution is 5.87. The van der Waals surface area contributed by atoms with Crippen molar-refractivity contribution < 1.29 is 9.90 Å². The summed E-state index contributed by atoms with van der Waals surface area (Å²) in [4.78, 5) is 18.3. The number of carbonyl (C=O) groups is 1. The van der Waals surface area contributed by atoms with Gasteiger partial charge in [0.1, 0.15) is 6.33 Å². The predicted octanol–water partition coefficient (Wildman–Crippen LogP) is -0.222. The number of rotatable bonds is 1. The minimum Gasteiger partial charge on any atom is -0.476 e. The summed E-state index contributed by atoms with van der Waals surface area (Å²) in [5.41, 5.74) is 1.62. The molecule has 0 unspecified atom stereocenters. The Morgan fingerprint density at radius 2 is 2.33 bits per heavy atom. The number of nitrogens with zero attached hydrogens (tertiary/aromatic N) is 2. The van der Waals surface area contributed by atoms with E-state index in [-0.39, 0.29) is 5.69 Å². The van der Waals surface area contributed by atoms with Gasteiger partial charge in [0, 0.05) is 18.7 Å². The summed E-state index contributed by atoms with van der Waals surface area (Å²) in [5, 5.41) is 11.7. The van der Waals surface area contributed by atoms with Gasteiger partial charge in [-0.3, -0.25) is 0 Å². The molecule has 0 atom stereocenters. The van der Waals surface area contributed by atoms with Gasteiger partial charge in [0.05, 0.1) is 5.69 Å². The molecular formula is C7H7N3O2. The second kappa shape index (κ2) is 2.53.